The summed E-state index contributed by atoms with van der Waals surface area (Å²) < 4.78 is 73.2. The molecule has 2 N–H and O–H groups in total. The van der Waals surface area contributed by atoms with E-state index in [1.165, 1.54) is 27.5 Å². The van der Waals surface area contributed by atoms with Crippen LogP contribution in [-0.4, -0.2) is 80.7 Å². The van der Waals surface area contributed by atoms with Gasteiger partial charge in [0.2, 0.25) is 21.9 Å². The Morgan fingerprint density at radius 2 is 2.00 bits per heavy atom. The molecule has 5 rings (SSSR count). The van der Waals surface area contributed by atoms with E-state index < -0.39 is 28.2 Å². The summed E-state index contributed by atoms with van der Waals surface area (Å²) in [5.41, 5.74) is -0.758. The highest BCUT2D eigenvalue weighted by Gasteiger charge is 2.59. The van der Waals surface area contributed by atoms with Crippen molar-refractivity contribution in [1.29, 1.82) is 0 Å². The SMILES string of the molecule is CS(=O)(=O)N1CCC(Nc2nc3cnc(-c4cn[nH]c4)c(OCC4(C(F)(F)F)CCC4)n3n2)CC1. The number of fused-ring (bicyclic) bond motifs is 1. The third-order valence-electron chi connectivity index (χ3n) is 6.76. The van der Waals surface area contributed by atoms with Gasteiger partial charge in [-0.25, -0.2) is 17.7 Å². The lowest BCUT2D eigenvalue weighted by atomic mass is 9.69. The van der Waals surface area contributed by atoms with Crippen molar-refractivity contribution >= 4 is 21.6 Å². The highest BCUT2D eigenvalue weighted by atomic mass is 32.2. The van der Waals surface area contributed by atoms with E-state index in [9.17, 15) is 21.6 Å². The number of hydrogen-bond donors (Lipinski definition) is 2. The first-order valence-corrected chi connectivity index (χ1v) is 13.1. The van der Waals surface area contributed by atoms with E-state index in [1.54, 1.807) is 6.20 Å². The van der Waals surface area contributed by atoms with Crippen LogP contribution in [0.25, 0.3) is 16.9 Å². The molecule has 35 heavy (non-hydrogen) atoms. The van der Waals surface area contributed by atoms with E-state index in [4.69, 9.17) is 4.74 Å². The summed E-state index contributed by atoms with van der Waals surface area (Å²) >= 11 is 0. The Labute approximate surface area is 199 Å². The van der Waals surface area contributed by atoms with Crippen molar-refractivity contribution in [3.05, 3.63) is 18.6 Å². The minimum Gasteiger partial charge on any atom is -0.475 e. The van der Waals surface area contributed by atoms with Crippen LogP contribution in [0, 0.1) is 5.41 Å². The maximum atomic E-state index is 13.7. The van der Waals surface area contributed by atoms with Gasteiger partial charge in [0.1, 0.15) is 17.7 Å². The molecule has 0 atom stereocenters. The lowest BCUT2D eigenvalue weighted by Crippen LogP contribution is -2.48. The fourth-order valence-electron chi connectivity index (χ4n) is 4.44. The Morgan fingerprint density at radius 3 is 2.57 bits per heavy atom. The molecular formula is C20H25F3N8O3S. The molecule has 0 bridgehead atoms. The van der Waals surface area contributed by atoms with Crippen LogP contribution in [0.2, 0.25) is 0 Å². The zero-order chi connectivity index (χ0) is 24.8. The fraction of sp³-hybridized carbons (Fsp3) is 0.600. The molecule has 0 amide bonds. The number of hydrogen-bond acceptors (Lipinski definition) is 8. The Hall–Kier alpha value is -2.94. The number of nitrogens with one attached hydrogen (secondary N) is 2. The summed E-state index contributed by atoms with van der Waals surface area (Å²) in [7, 11) is -3.24. The molecule has 2 aliphatic rings. The van der Waals surface area contributed by atoms with Crippen molar-refractivity contribution in [3.8, 4) is 17.1 Å². The van der Waals surface area contributed by atoms with Crippen molar-refractivity contribution in [2.45, 2.75) is 44.3 Å². The number of halogens is 3. The Bertz CT molecular complexity index is 1300. The molecule has 0 radical (unpaired) electrons. The number of alkyl halides is 3. The second kappa shape index (κ2) is 8.62. The summed E-state index contributed by atoms with van der Waals surface area (Å²) in [6, 6.07) is -0.0560. The smallest absolute Gasteiger partial charge is 0.397 e. The van der Waals surface area contributed by atoms with Gasteiger partial charge in [0, 0.05) is 30.9 Å². The van der Waals surface area contributed by atoms with Crippen LogP contribution in [0.1, 0.15) is 32.1 Å². The number of rotatable bonds is 7. The molecule has 2 fully saturated rings. The van der Waals surface area contributed by atoms with Gasteiger partial charge in [-0.2, -0.15) is 27.8 Å². The zero-order valence-electron chi connectivity index (χ0n) is 18.9. The third kappa shape index (κ3) is 4.53. The van der Waals surface area contributed by atoms with E-state index in [0.29, 0.717) is 49.3 Å². The number of aromatic nitrogens is 6. The van der Waals surface area contributed by atoms with Crippen LogP contribution in [0.4, 0.5) is 19.1 Å². The molecule has 1 saturated carbocycles. The van der Waals surface area contributed by atoms with Gasteiger partial charge < -0.3 is 10.1 Å². The van der Waals surface area contributed by atoms with Crippen molar-refractivity contribution in [2.75, 3.05) is 31.3 Å². The predicted octanol–water partition coefficient (Wildman–Crippen LogP) is 2.46. The van der Waals surface area contributed by atoms with Gasteiger partial charge in [-0.1, -0.05) is 6.42 Å². The van der Waals surface area contributed by atoms with Crippen LogP contribution in [0.5, 0.6) is 5.88 Å². The molecule has 0 spiro atoms. The predicted molar refractivity (Wildman–Crippen MR) is 119 cm³/mol. The van der Waals surface area contributed by atoms with Gasteiger partial charge >= 0.3 is 6.18 Å². The Morgan fingerprint density at radius 1 is 1.26 bits per heavy atom. The molecule has 1 saturated heterocycles. The van der Waals surface area contributed by atoms with E-state index in [2.05, 4.69) is 30.6 Å². The Balaban J connectivity index is 1.41. The number of nitrogens with zero attached hydrogens (tertiary/aromatic N) is 6. The van der Waals surface area contributed by atoms with Gasteiger partial charge in [0.15, 0.2) is 5.65 Å². The quantitative estimate of drug-likeness (QED) is 0.492. The molecule has 1 aliphatic heterocycles. The number of aromatic amines is 1. The third-order valence-corrected chi connectivity index (χ3v) is 8.06. The maximum absolute atomic E-state index is 13.7. The minimum absolute atomic E-state index is 0.0112. The van der Waals surface area contributed by atoms with Gasteiger partial charge in [-0.15, -0.1) is 5.10 Å². The molecular weight excluding hydrogens is 489 g/mol. The number of anilines is 1. The number of H-pyrrole nitrogens is 1. The fourth-order valence-corrected chi connectivity index (χ4v) is 5.31. The molecule has 0 aromatic carbocycles. The molecule has 11 nitrogen and oxygen atoms in total. The van der Waals surface area contributed by atoms with Crippen LogP contribution in [0.3, 0.4) is 0 Å². The van der Waals surface area contributed by atoms with E-state index in [-0.39, 0.29) is 30.7 Å². The van der Waals surface area contributed by atoms with Crippen LogP contribution < -0.4 is 10.1 Å². The highest BCUT2D eigenvalue weighted by Crippen LogP contribution is 2.53. The zero-order valence-corrected chi connectivity index (χ0v) is 19.7. The molecule has 3 aromatic rings. The van der Waals surface area contributed by atoms with Gasteiger partial charge in [0.05, 0.1) is 18.6 Å². The average molecular weight is 515 g/mol. The standard InChI is InChI=1S/C20H25F3N8O3S/c1-35(32,33)30-7-3-14(4-8-30)27-18-28-15-11-24-16(13-9-25-26-10-13)17(31(15)29-18)34-12-19(5-2-6-19)20(21,22)23/h9-11,14H,2-8,12H2,1H3,(H,25,26)(H,27,29). The second-order valence-electron chi connectivity index (χ2n) is 9.11. The summed E-state index contributed by atoms with van der Waals surface area (Å²) in [5.74, 6) is 0.305. The first kappa shape index (κ1) is 23.8. The van der Waals surface area contributed by atoms with E-state index in [0.717, 1.165) is 0 Å². The molecule has 1 aliphatic carbocycles. The van der Waals surface area contributed by atoms with Crippen molar-refractivity contribution < 1.29 is 26.3 Å². The van der Waals surface area contributed by atoms with Gasteiger partial charge in [0.25, 0.3) is 0 Å². The van der Waals surface area contributed by atoms with Gasteiger partial charge in [-0.3, -0.25) is 5.10 Å². The summed E-state index contributed by atoms with van der Waals surface area (Å²) in [4.78, 5) is 8.77. The molecule has 190 valence electrons. The Kier molecular flexibility index (Phi) is 5.86. The number of piperidine rings is 1. The first-order chi connectivity index (χ1) is 16.6. The number of sulfonamides is 1. The van der Waals surface area contributed by atoms with Crippen molar-refractivity contribution in [3.63, 3.8) is 0 Å². The van der Waals surface area contributed by atoms with E-state index >= 15 is 0 Å². The second-order valence-corrected chi connectivity index (χ2v) is 11.1. The van der Waals surface area contributed by atoms with Gasteiger partial charge in [-0.05, 0) is 25.7 Å². The summed E-state index contributed by atoms with van der Waals surface area (Å²) in [6.45, 7) is 0.211. The summed E-state index contributed by atoms with van der Waals surface area (Å²) in [6.07, 6.45) is 2.98. The first-order valence-electron chi connectivity index (χ1n) is 11.2. The number of ether oxygens (including phenoxy) is 1. The van der Waals surface area contributed by atoms with Crippen LogP contribution in [-0.2, 0) is 10.0 Å². The topological polar surface area (TPSA) is 130 Å². The summed E-state index contributed by atoms with van der Waals surface area (Å²) in [5, 5.41) is 14.2. The van der Waals surface area contributed by atoms with Crippen molar-refractivity contribution in [1.82, 2.24) is 34.1 Å². The minimum atomic E-state index is -4.38. The largest absolute Gasteiger partial charge is 0.475 e. The normalized spacial score (nSPS) is 19.5. The van der Waals surface area contributed by atoms with Crippen LogP contribution >= 0.6 is 0 Å². The maximum Gasteiger partial charge on any atom is 0.397 e. The lowest BCUT2D eigenvalue weighted by Gasteiger charge is -2.42. The molecule has 15 heteroatoms. The molecule has 0 unspecified atom stereocenters. The average Bonchev–Trinajstić information content (AvgIpc) is 3.41. The highest BCUT2D eigenvalue weighted by molar-refractivity contribution is 7.88. The molecule has 4 heterocycles. The van der Waals surface area contributed by atoms with E-state index in [1.807, 2.05) is 0 Å². The monoisotopic (exact) mass is 514 g/mol. The molecule has 3 aromatic heterocycles. The van der Waals surface area contributed by atoms with Crippen molar-refractivity contribution in [2.24, 2.45) is 5.41 Å². The lowest BCUT2D eigenvalue weighted by molar-refractivity contribution is -0.259. The van der Waals surface area contributed by atoms with Crippen LogP contribution in [0.15, 0.2) is 18.6 Å².